The third kappa shape index (κ3) is 4.08. The Hall–Kier alpha value is -2.34. The Morgan fingerprint density at radius 2 is 2.05 bits per heavy atom. The van der Waals surface area contributed by atoms with E-state index in [4.69, 9.17) is 14.4 Å². The Balaban J connectivity index is 1.93. The van der Waals surface area contributed by atoms with Crippen LogP contribution >= 0.6 is 0 Å². The number of aromatic nitrogens is 1. The van der Waals surface area contributed by atoms with E-state index >= 15 is 0 Å². The van der Waals surface area contributed by atoms with Gasteiger partial charge in [-0.05, 0) is 45.0 Å². The molecule has 2 N–H and O–H groups in total. The van der Waals surface area contributed by atoms with Gasteiger partial charge in [-0.15, -0.1) is 0 Å². The fraction of sp³-hybridized carbons (Fsp3) is 0.375. The van der Waals surface area contributed by atoms with E-state index in [-0.39, 0.29) is 12.5 Å². The molecule has 0 radical (unpaired) electrons. The minimum Gasteiger partial charge on any atom is -0.489 e. The van der Waals surface area contributed by atoms with Crippen molar-refractivity contribution in [2.24, 2.45) is 0 Å². The van der Waals surface area contributed by atoms with Gasteiger partial charge in [0.15, 0.2) is 0 Å². The number of aryl methyl sites for hydroxylation is 2. The van der Waals surface area contributed by atoms with E-state index < -0.39 is 6.10 Å². The first-order valence-electron chi connectivity index (χ1n) is 7.08. The second-order valence-corrected chi connectivity index (χ2v) is 5.17. The molecule has 1 atom stereocenters. The van der Waals surface area contributed by atoms with Gasteiger partial charge in [-0.2, -0.15) is 0 Å². The van der Waals surface area contributed by atoms with Gasteiger partial charge >= 0.3 is 0 Å². The minimum atomic E-state index is -0.568. The van der Waals surface area contributed by atoms with Crippen LogP contribution in [0.4, 0.5) is 0 Å². The first-order valence-corrected chi connectivity index (χ1v) is 7.08. The summed E-state index contributed by atoms with van der Waals surface area (Å²) in [6, 6.07) is 6.82. The quantitative estimate of drug-likeness (QED) is 0.852. The molecule has 1 amide bonds. The Labute approximate surface area is 129 Å². The van der Waals surface area contributed by atoms with Crippen LogP contribution in [0.1, 0.15) is 34.3 Å². The highest BCUT2D eigenvalue weighted by Gasteiger charge is 2.10. The van der Waals surface area contributed by atoms with E-state index in [1.54, 1.807) is 31.2 Å². The summed E-state index contributed by atoms with van der Waals surface area (Å²) in [5.41, 5.74) is 2.26. The molecule has 1 aromatic heterocycles. The zero-order valence-electron chi connectivity index (χ0n) is 12.9. The number of carbonyl (C=O) groups is 1. The van der Waals surface area contributed by atoms with Crippen molar-refractivity contribution < 1.29 is 19.2 Å². The van der Waals surface area contributed by atoms with Crippen LogP contribution in [0.25, 0.3) is 0 Å². The molecule has 118 valence electrons. The molecule has 1 aromatic carbocycles. The molecule has 0 saturated carbocycles. The van der Waals surface area contributed by atoms with E-state index in [0.717, 1.165) is 17.0 Å². The summed E-state index contributed by atoms with van der Waals surface area (Å²) in [4.78, 5) is 11.8. The predicted molar refractivity (Wildman–Crippen MR) is 80.8 cm³/mol. The second-order valence-electron chi connectivity index (χ2n) is 5.17. The van der Waals surface area contributed by atoms with E-state index in [0.29, 0.717) is 17.9 Å². The zero-order valence-corrected chi connectivity index (χ0v) is 12.9. The number of hydrogen-bond donors (Lipinski definition) is 2. The lowest BCUT2D eigenvalue weighted by molar-refractivity contribution is 0.0924. The highest BCUT2D eigenvalue weighted by Crippen LogP contribution is 2.17. The lowest BCUT2D eigenvalue weighted by Gasteiger charge is -2.09. The summed E-state index contributed by atoms with van der Waals surface area (Å²) < 4.78 is 10.8. The number of hydrogen-bond acceptors (Lipinski definition) is 5. The average molecular weight is 304 g/mol. The van der Waals surface area contributed by atoms with E-state index in [1.807, 2.05) is 13.8 Å². The normalized spacial score (nSPS) is 12.0. The smallest absolute Gasteiger partial charge is 0.251 e. The molecule has 0 aliphatic rings. The van der Waals surface area contributed by atoms with Crippen molar-refractivity contribution in [1.82, 2.24) is 10.5 Å². The molecule has 0 aliphatic carbocycles. The van der Waals surface area contributed by atoms with Gasteiger partial charge < -0.3 is 19.7 Å². The lowest BCUT2D eigenvalue weighted by Crippen LogP contribution is -2.30. The number of benzene rings is 1. The van der Waals surface area contributed by atoms with Crippen molar-refractivity contribution in [3.8, 4) is 5.75 Å². The first kappa shape index (κ1) is 16.0. The molecule has 2 rings (SSSR count). The van der Waals surface area contributed by atoms with Gasteiger partial charge in [-0.1, -0.05) is 5.16 Å². The Bertz CT molecular complexity index is 613. The standard InChI is InChI=1S/C16H20N2O4/c1-10(19)8-17-16(20)13-4-6-14(7-5-13)21-9-15-11(2)18-22-12(15)3/h4-7,10,19H,8-9H2,1-3H3,(H,17,20). The van der Waals surface area contributed by atoms with Gasteiger partial charge in [-0.3, -0.25) is 4.79 Å². The molecule has 6 heteroatoms. The van der Waals surface area contributed by atoms with E-state index in [1.165, 1.54) is 0 Å². The molecule has 6 nitrogen and oxygen atoms in total. The molecule has 0 aliphatic heterocycles. The van der Waals surface area contributed by atoms with Crippen molar-refractivity contribution >= 4 is 5.91 Å². The summed E-state index contributed by atoms with van der Waals surface area (Å²) >= 11 is 0. The number of carbonyl (C=O) groups excluding carboxylic acids is 1. The number of aliphatic hydroxyl groups excluding tert-OH is 1. The van der Waals surface area contributed by atoms with Crippen molar-refractivity contribution in [2.75, 3.05) is 6.54 Å². The van der Waals surface area contributed by atoms with Crippen LogP contribution in [0.2, 0.25) is 0 Å². The monoisotopic (exact) mass is 304 g/mol. The Morgan fingerprint density at radius 1 is 1.36 bits per heavy atom. The topological polar surface area (TPSA) is 84.6 Å². The number of ether oxygens (including phenoxy) is 1. The summed E-state index contributed by atoms with van der Waals surface area (Å²) in [5, 5.41) is 15.7. The van der Waals surface area contributed by atoms with Gasteiger partial charge in [0.1, 0.15) is 18.1 Å². The maximum Gasteiger partial charge on any atom is 0.251 e. The molecule has 22 heavy (non-hydrogen) atoms. The van der Waals surface area contributed by atoms with Gasteiger partial charge in [0.2, 0.25) is 0 Å². The molecule has 0 fully saturated rings. The number of rotatable bonds is 6. The summed E-state index contributed by atoms with van der Waals surface area (Å²) in [7, 11) is 0. The maximum absolute atomic E-state index is 11.8. The third-order valence-corrected chi connectivity index (χ3v) is 3.24. The maximum atomic E-state index is 11.8. The molecule has 2 aromatic rings. The van der Waals surface area contributed by atoms with Gasteiger partial charge in [-0.25, -0.2) is 0 Å². The number of aliphatic hydroxyl groups is 1. The second kappa shape index (κ2) is 7.09. The van der Waals surface area contributed by atoms with Crippen LogP contribution in [0.5, 0.6) is 5.75 Å². The molecular formula is C16H20N2O4. The zero-order chi connectivity index (χ0) is 16.1. The van der Waals surface area contributed by atoms with Gasteiger partial charge in [0.05, 0.1) is 17.4 Å². The summed E-state index contributed by atoms with van der Waals surface area (Å²) in [6.45, 7) is 5.92. The van der Waals surface area contributed by atoms with Crippen LogP contribution in [0.3, 0.4) is 0 Å². The molecule has 0 bridgehead atoms. The van der Waals surface area contributed by atoms with E-state index in [9.17, 15) is 4.79 Å². The van der Waals surface area contributed by atoms with Crippen LogP contribution < -0.4 is 10.1 Å². The van der Waals surface area contributed by atoms with E-state index in [2.05, 4.69) is 10.5 Å². The SMILES string of the molecule is Cc1noc(C)c1COc1ccc(C(=O)NCC(C)O)cc1. The first-order chi connectivity index (χ1) is 10.5. The highest BCUT2D eigenvalue weighted by molar-refractivity contribution is 5.94. The highest BCUT2D eigenvalue weighted by atomic mass is 16.5. The van der Waals surface area contributed by atoms with Crippen LogP contribution in [-0.4, -0.2) is 28.8 Å². The Morgan fingerprint density at radius 3 is 2.59 bits per heavy atom. The number of nitrogens with one attached hydrogen (secondary N) is 1. The molecular weight excluding hydrogens is 284 g/mol. The predicted octanol–water partition coefficient (Wildman–Crippen LogP) is 1.98. The fourth-order valence-corrected chi connectivity index (χ4v) is 1.91. The number of nitrogens with zero attached hydrogens (tertiary/aromatic N) is 1. The van der Waals surface area contributed by atoms with Crippen LogP contribution in [0, 0.1) is 13.8 Å². The summed E-state index contributed by atoms with van der Waals surface area (Å²) in [6.07, 6.45) is -0.568. The third-order valence-electron chi connectivity index (χ3n) is 3.24. The molecule has 1 unspecified atom stereocenters. The summed E-state index contributed by atoms with van der Waals surface area (Å²) in [5.74, 6) is 1.18. The fourth-order valence-electron chi connectivity index (χ4n) is 1.91. The minimum absolute atomic E-state index is 0.224. The van der Waals surface area contributed by atoms with Gasteiger partial charge in [0.25, 0.3) is 5.91 Å². The largest absolute Gasteiger partial charge is 0.489 e. The molecule has 0 spiro atoms. The van der Waals surface area contributed by atoms with Crippen molar-refractivity contribution in [3.63, 3.8) is 0 Å². The van der Waals surface area contributed by atoms with Crippen molar-refractivity contribution in [2.45, 2.75) is 33.5 Å². The van der Waals surface area contributed by atoms with Crippen molar-refractivity contribution in [3.05, 3.63) is 46.8 Å². The average Bonchev–Trinajstić information content (AvgIpc) is 2.82. The number of amides is 1. The van der Waals surface area contributed by atoms with Crippen LogP contribution in [-0.2, 0) is 6.61 Å². The van der Waals surface area contributed by atoms with Crippen molar-refractivity contribution in [1.29, 1.82) is 0 Å². The Kier molecular flexibility index (Phi) is 5.16. The molecule has 0 saturated heterocycles. The van der Waals surface area contributed by atoms with Gasteiger partial charge in [0, 0.05) is 12.1 Å². The lowest BCUT2D eigenvalue weighted by atomic mass is 10.2. The molecule has 1 heterocycles. The van der Waals surface area contributed by atoms with Crippen LogP contribution in [0.15, 0.2) is 28.8 Å².